The SMILES string of the molecule is CC(C)n1ccn(-c2ccc(CCC=O)cc2)c1=O. The Morgan fingerprint density at radius 3 is 2.37 bits per heavy atom. The van der Waals surface area contributed by atoms with Gasteiger partial charge in [-0.15, -0.1) is 0 Å². The lowest BCUT2D eigenvalue weighted by Gasteiger charge is -2.05. The Balaban J connectivity index is 2.27. The first-order chi connectivity index (χ1) is 9.13. The minimum absolute atomic E-state index is 0.0318. The van der Waals surface area contributed by atoms with Crippen molar-refractivity contribution in [2.24, 2.45) is 0 Å². The molecule has 4 nitrogen and oxygen atoms in total. The predicted molar refractivity (Wildman–Crippen MR) is 74.8 cm³/mol. The van der Waals surface area contributed by atoms with Gasteiger partial charge in [-0.3, -0.25) is 9.13 Å². The molecule has 0 fully saturated rings. The normalized spacial score (nSPS) is 10.9. The molecule has 0 N–H and O–H groups in total. The van der Waals surface area contributed by atoms with E-state index in [9.17, 15) is 9.59 Å². The molecule has 2 aromatic rings. The summed E-state index contributed by atoms with van der Waals surface area (Å²) >= 11 is 0. The smallest absolute Gasteiger partial charge is 0.303 e. The third kappa shape index (κ3) is 2.84. The van der Waals surface area contributed by atoms with Crippen LogP contribution in [-0.2, 0) is 11.2 Å². The highest BCUT2D eigenvalue weighted by Crippen LogP contribution is 2.10. The van der Waals surface area contributed by atoms with Gasteiger partial charge in [-0.2, -0.15) is 0 Å². The van der Waals surface area contributed by atoms with E-state index >= 15 is 0 Å². The van der Waals surface area contributed by atoms with Gasteiger partial charge in [-0.1, -0.05) is 12.1 Å². The van der Waals surface area contributed by atoms with E-state index in [-0.39, 0.29) is 11.7 Å². The molecule has 0 atom stereocenters. The van der Waals surface area contributed by atoms with Crippen molar-refractivity contribution in [3.8, 4) is 5.69 Å². The average molecular weight is 258 g/mol. The van der Waals surface area contributed by atoms with Gasteiger partial charge in [-0.05, 0) is 38.0 Å². The van der Waals surface area contributed by atoms with E-state index in [1.807, 2.05) is 38.1 Å². The Morgan fingerprint density at radius 1 is 1.16 bits per heavy atom. The second-order valence-corrected chi connectivity index (χ2v) is 4.82. The van der Waals surface area contributed by atoms with E-state index in [2.05, 4.69) is 0 Å². The maximum Gasteiger partial charge on any atom is 0.332 e. The molecule has 19 heavy (non-hydrogen) atoms. The Kier molecular flexibility index (Phi) is 4.00. The first kappa shape index (κ1) is 13.3. The fourth-order valence-electron chi connectivity index (χ4n) is 2.03. The molecule has 1 heterocycles. The van der Waals surface area contributed by atoms with Gasteiger partial charge in [0, 0.05) is 24.9 Å². The molecule has 0 bridgehead atoms. The number of hydrogen-bond donors (Lipinski definition) is 0. The summed E-state index contributed by atoms with van der Waals surface area (Å²) in [4.78, 5) is 22.5. The highest BCUT2D eigenvalue weighted by Gasteiger charge is 2.07. The number of nitrogens with zero attached hydrogens (tertiary/aromatic N) is 2. The standard InChI is InChI=1S/C15H18N2O2/c1-12(2)16-9-10-17(15(16)19)14-7-5-13(6-8-14)4-3-11-18/h5-12H,3-4H2,1-2H3. The summed E-state index contributed by atoms with van der Waals surface area (Å²) in [5.74, 6) is 0. The Morgan fingerprint density at radius 2 is 1.84 bits per heavy atom. The van der Waals surface area contributed by atoms with E-state index in [0.717, 1.165) is 24.0 Å². The lowest BCUT2D eigenvalue weighted by molar-refractivity contribution is -0.107. The zero-order chi connectivity index (χ0) is 13.8. The fraction of sp³-hybridized carbons (Fsp3) is 0.333. The van der Waals surface area contributed by atoms with Crippen LogP contribution < -0.4 is 5.69 Å². The summed E-state index contributed by atoms with van der Waals surface area (Å²) in [6.45, 7) is 3.96. The van der Waals surface area contributed by atoms with Crippen LogP contribution in [0.3, 0.4) is 0 Å². The molecule has 0 aliphatic carbocycles. The first-order valence-electron chi connectivity index (χ1n) is 6.46. The van der Waals surface area contributed by atoms with Gasteiger partial charge in [0.2, 0.25) is 0 Å². The molecular formula is C15H18N2O2. The van der Waals surface area contributed by atoms with Gasteiger partial charge < -0.3 is 4.79 Å². The highest BCUT2D eigenvalue weighted by molar-refractivity contribution is 5.50. The quantitative estimate of drug-likeness (QED) is 0.773. The van der Waals surface area contributed by atoms with Gasteiger partial charge >= 0.3 is 5.69 Å². The molecule has 0 saturated heterocycles. The summed E-state index contributed by atoms with van der Waals surface area (Å²) in [5.41, 5.74) is 1.92. The van der Waals surface area contributed by atoms with Crippen LogP contribution in [0.1, 0.15) is 31.9 Å². The van der Waals surface area contributed by atoms with Gasteiger partial charge in [0.15, 0.2) is 0 Å². The number of imidazole rings is 1. The van der Waals surface area contributed by atoms with Crippen LogP contribution in [0.2, 0.25) is 0 Å². The lowest BCUT2D eigenvalue weighted by Crippen LogP contribution is -2.24. The number of rotatable bonds is 5. The summed E-state index contributed by atoms with van der Waals surface area (Å²) in [7, 11) is 0. The fourth-order valence-corrected chi connectivity index (χ4v) is 2.03. The summed E-state index contributed by atoms with van der Waals surface area (Å²) in [6.07, 6.45) is 5.77. The van der Waals surface area contributed by atoms with Crippen LogP contribution in [0.5, 0.6) is 0 Å². The summed E-state index contributed by atoms with van der Waals surface area (Å²) < 4.78 is 3.32. The molecule has 0 spiro atoms. The second kappa shape index (κ2) is 5.69. The summed E-state index contributed by atoms with van der Waals surface area (Å²) in [5, 5.41) is 0. The molecule has 100 valence electrons. The lowest BCUT2D eigenvalue weighted by atomic mass is 10.1. The van der Waals surface area contributed by atoms with Crippen molar-refractivity contribution in [1.29, 1.82) is 0 Å². The molecule has 0 unspecified atom stereocenters. The van der Waals surface area contributed by atoms with Gasteiger partial charge in [0.25, 0.3) is 0 Å². The van der Waals surface area contributed by atoms with Crippen LogP contribution in [0, 0.1) is 0 Å². The topological polar surface area (TPSA) is 44.0 Å². The zero-order valence-electron chi connectivity index (χ0n) is 11.2. The Labute approximate surface area is 112 Å². The molecule has 2 rings (SSSR count). The van der Waals surface area contributed by atoms with Crippen molar-refractivity contribution in [2.45, 2.75) is 32.7 Å². The number of benzene rings is 1. The molecule has 0 aliphatic heterocycles. The van der Waals surface area contributed by atoms with Crippen molar-refractivity contribution in [2.75, 3.05) is 0 Å². The number of aryl methyl sites for hydroxylation is 1. The van der Waals surface area contributed by atoms with Crippen LogP contribution in [0.4, 0.5) is 0 Å². The number of aldehydes is 1. The molecule has 0 amide bonds. The van der Waals surface area contributed by atoms with Gasteiger partial charge in [0.1, 0.15) is 6.29 Å². The van der Waals surface area contributed by atoms with Crippen molar-refractivity contribution >= 4 is 6.29 Å². The van der Waals surface area contributed by atoms with E-state index in [0.29, 0.717) is 6.42 Å². The minimum atomic E-state index is -0.0318. The highest BCUT2D eigenvalue weighted by atomic mass is 16.1. The Hall–Kier alpha value is -2.10. The van der Waals surface area contributed by atoms with Crippen molar-refractivity contribution in [1.82, 2.24) is 9.13 Å². The molecule has 0 saturated carbocycles. The largest absolute Gasteiger partial charge is 0.332 e. The molecular weight excluding hydrogens is 240 g/mol. The molecule has 0 radical (unpaired) electrons. The number of carbonyl (C=O) groups is 1. The third-order valence-corrected chi connectivity index (χ3v) is 3.13. The number of aromatic nitrogens is 2. The van der Waals surface area contributed by atoms with Crippen LogP contribution >= 0.6 is 0 Å². The minimum Gasteiger partial charge on any atom is -0.303 e. The van der Waals surface area contributed by atoms with E-state index in [4.69, 9.17) is 0 Å². The predicted octanol–water partition coefficient (Wildman–Crippen LogP) is 2.35. The van der Waals surface area contributed by atoms with Crippen LogP contribution in [-0.4, -0.2) is 15.4 Å². The average Bonchev–Trinajstić information content (AvgIpc) is 2.79. The maximum atomic E-state index is 12.1. The molecule has 0 aliphatic rings. The van der Waals surface area contributed by atoms with Crippen molar-refractivity contribution < 1.29 is 4.79 Å². The Bertz CT molecular complexity index is 606. The van der Waals surface area contributed by atoms with E-state index < -0.39 is 0 Å². The number of hydrogen-bond acceptors (Lipinski definition) is 2. The van der Waals surface area contributed by atoms with Crippen molar-refractivity contribution in [3.05, 3.63) is 52.7 Å². The van der Waals surface area contributed by atoms with Crippen LogP contribution in [0.15, 0.2) is 41.5 Å². The summed E-state index contributed by atoms with van der Waals surface area (Å²) in [6, 6.07) is 7.88. The van der Waals surface area contributed by atoms with E-state index in [1.165, 1.54) is 0 Å². The molecule has 1 aromatic carbocycles. The molecule has 1 aromatic heterocycles. The number of carbonyl (C=O) groups excluding carboxylic acids is 1. The second-order valence-electron chi connectivity index (χ2n) is 4.82. The molecule has 4 heteroatoms. The first-order valence-corrected chi connectivity index (χ1v) is 6.46. The van der Waals surface area contributed by atoms with Crippen LogP contribution in [0.25, 0.3) is 5.69 Å². The van der Waals surface area contributed by atoms with Gasteiger partial charge in [0.05, 0.1) is 5.69 Å². The van der Waals surface area contributed by atoms with E-state index in [1.54, 1.807) is 21.5 Å². The van der Waals surface area contributed by atoms with Gasteiger partial charge in [-0.25, -0.2) is 4.79 Å². The maximum absolute atomic E-state index is 12.1. The monoisotopic (exact) mass is 258 g/mol. The zero-order valence-corrected chi connectivity index (χ0v) is 11.2. The third-order valence-electron chi connectivity index (χ3n) is 3.13. The van der Waals surface area contributed by atoms with Crippen molar-refractivity contribution in [3.63, 3.8) is 0 Å².